The lowest BCUT2D eigenvalue weighted by atomic mass is 10.2. The molecule has 0 fully saturated rings. The van der Waals surface area contributed by atoms with Crippen molar-refractivity contribution >= 4 is 17.3 Å². The highest BCUT2D eigenvalue weighted by atomic mass is 19.4. The van der Waals surface area contributed by atoms with E-state index in [2.05, 4.69) is 10.3 Å². The van der Waals surface area contributed by atoms with E-state index in [-0.39, 0.29) is 17.1 Å². The molecule has 3 aromatic rings. The van der Waals surface area contributed by atoms with Gasteiger partial charge in [-0.1, -0.05) is 0 Å². The molecule has 0 saturated carbocycles. The van der Waals surface area contributed by atoms with Crippen LogP contribution in [0.1, 0.15) is 16.1 Å². The Morgan fingerprint density at radius 2 is 1.57 bits per heavy atom. The number of hydrogen-bond donors (Lipinski definition) is 3. The minimum Gasteiger partial charge on any atom is -0.504 e. The van der Waals surface area contributed by atoms with Gasteiger partial charge in [-0.15, -0.1) is 0 Å². The molecule has 0 spiro atoms. The molecule has 6 nitrogen and oxygen atoms in total. The Morgan fingerprint density at radius 1 is 1.00 bits per heavy atom. The Kier molecular flexibility index (Phi) is 5.08. The van der Waals surface area contributed by atoms with Gasteiger partial charge in [0.1, 0.15) is 11.5 Å². The molecule has 0 aliphatic rings. The molecular formula is C19H14F3N3O3. The first-order valence-corrected chi connectivity index (χ1v) is 7.94. The zero-order valence-corrected chi connectivity index (χ0v) is 14.2. The van der Waals surface area contributed by atoms with Crippen LogP contribution in [0, 0.1) is 0 Å². The summed E-state index contributed by atoms with van der Waals surface area (Å²) in [5.41, 5.74) is 4.97. The summed E-state index contributed by atoms with van der Waals surface area (Å²) in [4.78, 5) is 15.9. The number of carbonyl (C=O) groups excluding carboxylic acids is 1. The zero-order valence-electron chi connectivity index (χ0n) is 14.2. The van der Waals surface area contributed by atoms with Crippen LogP contribution in [0.25, 0.3) is 0 Å². The molecule has 0 aliphatic carbocycles. The van der Waals surface area contributed by atoms with Gasteiger partial charge in [0.25, 0.3) is 5.91 Å². The van der Waals surface area contributed by atoms with Crippen molar-refractivity contribution in [3.05, 3.63) is 72.1 Å². The summed E-state index contributed by atoms with van der Waals surface area (Å²) in [7, 11) is 0. The molecule has 28 heavy (non-hydrogen) atoms. The number of nitrogens with one attached hydrogen (secondary N) is 1. The van der Waals surface area contributed by atoms with Crippen LogP contribution in [0.2, 0.25) is 0 Å². The number of nitrogens with two attached hydrogens (primary N) is 1. The lowest BCUT2D eigenvalue weighted by Gasteiger charge is -2.10. The van der Waals surface area contributed by atoms with Crippen LogP contribution < -0.4 is 15.8 Å². The summed E-state index contributed by atoms with van der Waals surface area (Å²) >= 11 is 0. The second-order valence-electron chi connectivity index (χ2n) is 5.70. The fraction of sp³-hybridized carbons (Fsp3) is 0.0526. The van der Waals surface area contributed by atoms with E-state index in [1.54, 1.807) is 0 Å². The average Bonchev–Trinajstić information content (AvgIpc) is 2.65. The summed E-state index contributed by atoms with van der Waals surface area (Å²) in [6, 6.07) is 11.8. The van der Waals surface area contributed by atoms with Crippen LogP contribution in [0.3, 0.4) is 0 Å². The topological polar surface area (TPSA) is 97.5 Å². The maximum Gasteiger partial charge on any atom is 0.416 e. The number of ether oxygens (including phenoxy) is 1. The van der Waals surface area contributed by atoms with Crippen LogP contribution in [-0.4, -0.2) is 16.0 Å². The lowest BCUT2D eigenvalue weighted by Crippen LogP contribution is -2.14. The molecule has 3 rings (SSSR count). The number of alkyl halides is 3. The van der Waals surface area contributed by atoms with E-state index in [0.29, 0.717) is 11.4 Å². The fourth-order valence-electron chi connectivity index (χ4n) is 2.28. The van der Waals surface area contributed by atoms with Crippen molar-refractivity contribution in [3.63, 3.8) is 0 Å². The highest BCUT2D eigenvalue weighted by Gasteiger charge is 2.30. The van der Waals surface area contributed by atoms with E-state index in [4.69, 9.17) is 10.5 Å². The van der Waals surface area contributed by atoms with Crippen molar-refractivity contribution in [2.45, 2.75) is 6.18 Å². The van der Waals surface area contributed by atoms with Gasteiger partial charge in [0, 0.05) is 11.9 Å². The number of carbonyl (C=O) groups is 1. The number of rotatable bonds is 4. The number of nitrogens with zero attached hydrogens (tertiary/aromatic N) is 1. The van der Waals surface area contributed by atoms with Gasteiger partial charge in [-0.2, -0.15) is 13.2 Å². The molecule has 0 radical (unpaired) electrons. The quantitative estimate of drug-likeness (QED) is 0.613. The number of hydrogen-bond acceptors (Lipinski definition) is 5. The molecule has 9 heteroatoms. The lowest BCUT2D eigenvalue weighted by molar-refractivity contribution is -0.137. The summed E-state index contributed by atoms with van der Waals surface area (Å²) in [6.45, 7) is 0. The molecule has 0 aliphatic heterocycles. The number of nitrogen functional groups attached to an aromatic ring is 1. The summed E-state index contributed by atoms with van der Waals surface area (Å²) in [5, 5.41) is 12.3. The SMILES string of the molecule is Nc1ccnc(C(=O)Nc2ccc(Oc3ccc(C(F)(F)F)cc3)cc2)c1O. The third kappa shape index (κ3) is 4.32. The Labute approximate surface area is 157 Å². The zero-order chi connectivity index (χ0) is 20.3. The molecular weight excluding hydrogens is 375 g/mol. The number of amides is 1. The number of halogens is 3. The largest absolute Gasteiger partial charge is 0.504 e. The first-order valence-electron chi connectivity index (χ1n) is 7.94. The monoisotopic (exact) mass is 389 g/mol. The van der Waals surface area contributed by atoms with Gasteiger partial charge >= 0.3 is 6.18 Å². The van der Waals surface area contributed by atoms with Gasteiger partial charge < -0.3 is 20.9 Å². The highest BCUT2D eigenvalue weighted by molar-refractivity contribution is 6.05. The van der Waals surface area contributed by atoms with E-state index >= 15 is 0 Å². The van der Waals surface area contributed by atoms with Crippen LogP contribution in [0.15, 0.2) is 60.8 Å². The minimum absolute atomic E-state index is 0.0282. The number of aromatic nitrogens is 1. The molecule has 1 aromatic heterocycles. The Balaban J connectivity index is 1.66. The molecule has 1 amide bonds. The second kappa shape index (κ2) is 7.47. The maximum atomic E-state index is 12.6. The first kappa shape index (κ1) is 19.0. The molecule has 144 valence electrons. The van der Waals surface area contributed by atoms with Crippen molar-refractivity contribution in [2.75, 3.05) is 11.1 Å². The van der Waals surface area contributed by atoms with E-state index in [0.717, 1.165) is 12.1 Å². The van der Waals surface area contributed by atoms with E-state index < -0.39 is 23.4 Å². The normalized spacial score (nSPS) is 11.1. The molecule has 0 bridgehead atoms. The highest BCUT2D eigenvalue weighted by Crippen LogP contribution is 2.31. The van der Waals surface area contributed by atoms with Gasteiger partial charge in [0.2, 0.25) is 0 Å². The third-order valence-corrected chi connectivity index (χ3v) is 3.70. The van der Waals surface area contributed by atoms with Crippen molar-refractivity contribution in [3.8, 4) is 17.2 Å². The van der Waals surface area contributed by atoms with Crippen LogP contribution in [-0.2, 0) is 6.18 Å². The maximum absolute atomic E-state index is 12.6. The van der Waals surface area contributed by atoms with Crippen LogP contribution in [0.4, 0.5) is 24.5 Å². The third-order valence-electron chi connectivity index (χ3n) is 3.70. The molecule has 4 N–H and O–H groups in total. The smallest absolute Gasteiger partial charge is 0.416 e. The number of anilines is 2. The van der Waals surface area contributed by atoms with Crippen molar-refractivity contribution in [1.29, 1.82) is 0 Å². The van der Waals surface area contributed by atoms with Crippen LogP contribution in [0.5, 0.6) is 17.2 Å². The van der Waals surface area contributed by atoms with Crippen molar-refractivity contribution in [1.82, 2.24) is 4.98 Å². The first-order chi connectivity index (χ1) is 13.2. The fourth-order valence-corrected chi connectivity index (χ4v) is 2.28. The summed E-state index contributed by atoms with van der Waals surface area (Å²) < 4.78 is 43.2. The van der Waals surface area contributed by atoms with Crippen molar-refractivity contribution < 1.29 is 27.8 Å². The average molecular weight is 389 g/mol. The molecule has 0 atom stereocenters. The second-order valence-corrected chi connectivity index (χ2v) is 5.70. The number of pyridine rings is 1. The van der Waals surface area contributed by atoms with E-state index in [1.807, 2.05) is 0 Å². The Bertz CT molecular complexity index is 988. The Hall–Kier alpha value is -3.75. The number of aromatic hydroxyl groups is 1. The van der Waals surface area contributed by atoms with Gasteiger partial charge in [0.15, 0.2) is 11.4 Å². The molecule has 1 heterocycles. The predicted octanol–water partition coefficient (Wildman–Crippen LogP) is 4.43. The van der Waals surface area contributed by atoms with Gasteiger partial charge in [0.05, 0.1) is 11.3 Å². The molecule has 0 unspecified atom stereocenters. The minimum atomic E-state index is -4.41. The van der Waals surface area contributed by atoms with Gasteiger partial charge in [-0.3, -0.25) is 4.79 Å². The van der Waals surface area contributed by atoms with Gasteiger partial charge in [-0.05, 0) is 54.6 Å². The molecule has 2 aromatic carbocycles. The summed E-state index contributed by atoms with van der Waals surface area (Å²) in [5.74, 6) is -0.468. The predicted molar refractivity (Wildman–Crippen MR) is 96.2 cm³/mol. The van der Waals surface area contributed by atoms with E-state index in [1.165, 1.54) is 48.7 Å². The van der Waals surface area contributed by atoms with Crippen molar-refractivity contribution in [2.24, 2.45) is 0 Å². The Morgan fingerprint density at radius 3 is 2.14 bits per heavy atom. The number of benzene rings is 2. The molecule has 0 saturated heterocycles. The van der Waals surface area contributed by atoms with Gasteiger partial charge in [-0.25, -0.2) is 4.98 Å². The summed E-state index contributed by atoms with van der Waals surface area (Å²) in [6.07, 6.45) is -3.12. The standard InChI is InChI=1S/C19H14F3N3O3/c20-19(21,22)11-1-5-13(6-2-11)28-14-7-3-12(4-8-14)25-18(27)16-17(26)15(23)9-10-24-16/h1-10,26H,(H2,23,24)(H,25,27). The van der Waals surface area contributed by atoms with Crippen LogP contribution >= 0.6 is 0 Å². The van der Waals surface area contributed by atoms with E-state index in [9.17, 15) is 23.1 Å².